The first-order valence-electron chi connectivity index (χ1n) is 6.93. The number of carboxylic acids is 1. The summed E-state index contributed by atoms with van der Waals surface area (Å²) in [6.45, 7) is 0. The number of carboxylic acid groups (broad SMARTS) is 1. The largest absolute Gasteiger partial charge is 0.478 e. The highest BCUT2D eigenvalue weighted by Gasteiger charge is 2.14. The summed E-state index contributed by atoms with van der Waals surface area (Å²) in [5, 5.41) is 11.1. The van der Waals surface area contributed by atoms with Crippen LogP contribution in [0.4, 0.5) is 5.69 Å². The van der Waals surface area contributed by atoms with E-state index < -0.39 is 12.0 Å². The van der Waals surface area contributed by atoms with Crippen molar-refractivity contribution in [1.29, 1.82) is 0 Å². The van der Waals surface area contributed by atoms with Gasteiger partial charge in [-0.25, -0.2) is 4.79 Å². The van der Waals surface area contributed by atoms with Gasteiger partial charge in [-0.3, -0.25) is 0 Å². The number of fused-ring (bicyclic) bond motifs is 1. The molecule has 3 aromatic rings. The highest BCUT2D eigenvalue weighted by atomic mass is 16.4. The summed E-state index contributed by atoms with van der Waals surface area (Å²) in [7, 11) is 0. The maximum Gasteiger partial charge on any atom is 0.335 e. The lowest BCUT2D eigenvalue weighted by atomic mass is 9.95. The number of hydrogen-bond acceptors (Lipinski definition) is 3. The number of carbonyl (C=O) groups is 1. The van der Waals surface area contributed by atoms with E-state index in [1.54, 1.807) is 24.3 Å². The monoisotopic (exact) mass is 292 g/mol. The Labute approximate surface area is 128 Å². The zero-order valence-electron chi connectivity index (χ0n) is 11.9. The van der Waals surface area contributed by atoms with Gasteiger partial charge >= 0.3 is 5.97 Å². The maximum absolute atomic E-state index is 10.9. The van der Waals surface area contributed by atoms with Crippen molar-refractivity contribution < 1.29 is 9.90 Å². The van der Waals surface area contributed by atoms with Gasteiger partial charge in [0.2, 0.25) is 0 Å². The van der Waals surface area contributed by atoms with Crippen LogP contribution in [-0.2, 0) is 0 Å². The summed E-state index contributed by atoms with van der Waals surface area (Å²) >= 11 is 0. The number of aromatic carboxylic acids is 1. The van der Waals surface area contributed by atoms with Gasteiger partial charge in [0, 0.05) is 5.69 Å². The lowest BCUT2D eigenvalue weighted by Gasteiger charge is -2.16. The molecule has 0 fully saturated rings. The van der Waals surface area contributed by atoms with Crippen LogP contribution in [-0.4, -0.2) is 11.1 Å². The van der Waals surface area contributed by atoms with Crippen LogP contribution < -0.4 is 11.5 Å². The normalized spacial score (nSPS) is 12.2. The third-order valence-electron chi connectivity index (χ3n) is 3.80. The number of rotatable bonds is 3. The van der Waals surface area contributed by atoms with Gasteiger partial charge in [-0.1, -0.05) is 36.4 Å². The molecule has 0 amide bonds. The molecule has 3 aromatic carbocycles. The predicted octanol–water partition coefficient (Wildman–Crippen LogP) is 3.17. The number of anilines is 1. The fourth-order valence-corrected chi connectivity index (χ4v) is 2.56. The van der Waals surface area contributed by atoms with E-state index in [1.165, 1.54) is 0 Å². The molecule has 0 radical (unpaired) electrons. The zero-order chi connectivity index (χ0) is 15.7. The Balaban J connectivity index is 2.02. The first kappa shape index (κ1) is 14.1. The van der Waals surface area contributed by atoms with Crippen molar-refractivity contribution in [2.75, 3.05) is 5.73 Å². The van der Waals surface area contributed by atoms with Crippen LogP contribution in [0.3, 0.4) is 0 Å². The van der Waals surface area contributed by atoms with Gasteiger partial charge in [-0.15, -0.1) is 0 Å². The molecule has 0 aliphatic heterocycles. The standard InChI is InChI=1S/C18H16N2O2/c19-16-10-14-4-2-1-3-13(14)9-15(16)17(20)11-5-7-12(8-6-11)18(21)22/h1-10,17H,19-20H2,(H,21,22). The molecular formula is C18H16N2O2. The maximum atomic E-state index is 10.9. The molecule has 4 heteroatoms. The van der Waals surface area contributed by atoms with Crippen molar-refractivity contribution in [2.24, 2.45) is 5.73 Å². The van der Waals surface area contributed by atoms with Crippen LogP contribution in [0.2, 0.25) is 0 Å². The first-order valence-corrected chi connectivity index (χ1v) is 6.93. The number of nitrogens with two attached hydrogens (primary N) is 2. The van der Waals surface area contributed by atoms with Crippen LogP contribution in [0.25, 0.3) is 10.8 Å². The molecule has 0 aromatic heterocycles. The van der Waals surface area contributed by atoms with Gasteiger partial charge in [0.1, 0.15) is 0 Å². The highest BCUT2D eigenvalue weighted by Crippen LogP contribution is 2.29. The van der Waals surface area contributed by atoms with Gasteiger partial charge in [0.05, 0.1) is 11.6 Å². The Bertz CT molecular complexity index is 841. The molecule has 0 saturated heterocycles. The number of nitrogen functional groups attached to an aromatic ring is 1. The van der Waals surface area contributed by atoms with Crippen LogP contribution >= 0.6 is 0 Å². The highest BCUT2D eigenvalue weighted by molar-refractivity contribution is 5.88. The SMILES string of the molecule is Nc1cc2ccccc2cc1C(N)c1ccc(C(=O)O)cc1. The predicted molar refractivity (Wildman–Crippen MR) is 87.8 cm³/mol. The van der Waals surface area contributed by atoms with Crippen molar-refractivity contribution in [3.8, 4) is 0 Å². The van der Waals surface area contributed by atoms with E-state index in [-0.39, 0.29) is 5.56 Å². The third kappa shape index (κ3) is 2.52. The van der Waals surface area contributed by atoms with Gasteiger partial charge in [0.15, 0.2) is 0 Å². The van der Waals surface area contributed by atoms with Gasteiger partial charge in [-0.2, -0.15) is 0 Å². The molecule has 0 aliphatic rings. The molecular weight excluding hydrogens is 276 g/mol. The second-order valence-electron chi connectivity index (χ2n) is 5.23. The lowest BCUT2D eigenvalue weighted by molar-refractivity contribution is 0.0697. The molecule has 0 saturated carbocycles. The van der Waals surface area contributed by atoms with Crippen molar-refractivity contribution in [3.63, 3.8) is 0 Å². The number of benzene rings is 3. The Kier molecular flexibility index (Phi) is 3.53. The number of hydrogen-bond donors (Lipinski definition) is 3. The molecule has 3 rings (SSSR count). The summed E-state index contributed by atoms with van der Waals surface area (Å²) in [5.74, 6) is -0.953. The van der Waals surface area contributed by atoms with E-state index in [9.17, 15) is 4.79 Å². The summed E-state index contributed by atoms with van der Waals surface area (Å²) in [6, 6.07) is 18.0. The average molecular weight is 292 g/mol. The van der Waals surface area contributed by atoms with E-state index in [4.69, 9.17) is 16.6 Å². The third-order valence-corrected chi connectivity index (χ3v) is 3.80. The minimum absolute atomic E-state index is 0.238. The van der Waals surface area contributed by atoms with E-state index in [2.05, 4.69) is 0 Å². The summed E-state index contributed by atoms with van der Waals surface area (Å²) in [6.07, 6.45) is 0. The van der Waals surface area contributed by atoms with Crippen LogP contribution in [0.5, 0.6) is 0 Å². The molecule has 1 atom stereocenters. The second kappa shape index (κ2) is 5.50. The molecule has 0 bridgehead atoms. The summed E-state index contributed by atoms with van der Waals surface area (Å²) in [4.78, 5) is 10.9. The van der Waals surface area contributed by atoms with Crippen molar-refractivity contribution >= 4 is 22.4 Å². The van der Waals surface area contributed by atoms with E-state index in [1.807, 2.05) is 36.4 Å². The second-order valence-corrected chi connectivity index (χ2v) is 5.23. The quantitative estimate of drug-likeness (QED) is 0.647. The van der Waals surface area contributed by atoms with Crippen LogP contribution in [0, 0.1) is 0 Å². The Morgan fingerprint density at radius 2 is 1.55 bits per heavy atom. The Morgan fingerprint density at radius 3 is 2.14 bits per heavy atom. The molecule has 0 aliphatic carbocycles. The molecule has 1 unspecified atom stereocenters. The molecule has 0 heterocycles. The van der Waals surface area contributed by atoms with Gasteiger partial charge in [-0.05, 0) is 46.2 Å². The molecule has 22 heavy (non-hydrogen) atoms. The summed E-state index contributed by atoms with van der Waals surface area (Å²) < 4.78 is 0. The molecule has 0 spiro atoms. The first-order chi connectivity index (χ1) is 10.6. The molecule has 110 valence electrons. The van der Waals surface area contributed by atoms with E-state index >= 15 is 0 Å². The summed E-state index contributed by atoms with van der Waals surface area (Å²) in [5.41, 5.74) is 15.0. The van der Waals surface area contributed by atoms with Crippen LogP contribution in [0.1, 0.15) is 27.5 Å². The Hall–Kier alpha value is -2.85. The topological polar surface area (TPSA) is 89.3 Å². The van der Waals surface area contributed by atoms with Crippen molar-refractivity contribution in [1.82, 2.24) is 0 Å². The molecule has 5 N–H and O–H groups in total. The van der Waals surface area contributed by atoms with Crippen LogP contribution in [0.15, 0.2) is 60.7 Å². The Morgan fingerprint density at radius 1 is 0.955 bits per heavy atom. The van der Waals surface area contributed by atoms with E-state index in [0.717, 1.165) is 21.9 Å². The smallest absolute Gasteiger partial charge is 0.335 e. The minimum Gasteiger partial charge on any atom is -0.478 e. The van der Waals surface area contributed by atoms with Crippen molar-refractivity contribution in [2.45, 2.75) is 6.04 Å². The van der Waals surface area contributed by atoms with Gasteiger partial charge < -0.3 is 16.6 Å². The van der Waals surface area contributed by atoms with Crippen molar-refractivity contribution in [3.05, 3.63) is 77.4 Å². The fraction of sp³-hybridized carbons (Fsp3) is 0.0556. The van der Waals surface area contributed by atoms with Gasteiger partial charge in [0.25, 0.3) is 0 Å². The zero-order valence-corrected chi connectivity index (χ0v) is 11.9. The fourth-order valence-electron chi connectivity index (χ4n) is 2.56. The lowest BCUT2D eigenvalue weighted by Crippen LogP contribution is -2.14. The molecule has 4 nitrogen and oxygen atoms in total. The average Bonchev–Trinajstić information content (AvgIpc) is 2.53. The minimum atomic E-state index is -0.953. The van der Waals surface area contributed by atoms with E-state index in [0.29, 0.717) is 5.69 Å².